The second kappa shape index (κ2) is 13.7. The molecular weight excluding hydrogens is 401 g/mol. The molecule has 0 aliphatic carbocycles. The monoisotopic (exact) mass is 425 g/mol. The van der Waals surface area contributed by atoms with Gasteiger partial charge in [0.15, 0.2) is 0 Å². The summed E-state index contributed by atoms with van der Waals surface area (Å²) in [4.78, 5) is 1.58. The molecule has 1 unspecified atom stereocenters. The third kappa shape index (κ3) is 8.89. The minimum Gasteiger partial charge on any atom is -0.361 e. The molecule has 136 valence electrons. The topological polar surface area (TPSA) is 12.0 Å². The zero-order valence-electron chi connectivity index (χ0n) is 15.0. The maximum Gasteiger partial charge on any atom is 0.131 e. The molecule has 0 saturated heterocycles. The molecule has 0 rings (SSSR count). The van der Waals surface area contributed by atoms with Crippen molar-refractivity contribution >= 4 is 27.5 Å². The summed E-state index contributed by atoms with van der Waals surface area (Å²) in [5, 5.41) is 3.02. The second-order valence-corrected chi connectivity index (χ2v) is 6.43. The molecule has 1 nitrogen and oxygen atoms in total. The first kappa shape index (κ1) is 23.4. The Hall–Kier alpha value is -1.58. The first-order valence-electron chi connectivity index (χ1n) is 7.95. The van der Waals surface area contributed by atoms with Gasteiger partial charge in [-0.3, -0.25) is 0 Å². The maximum absolute atomic E-state index is 14.5. The van der Waals surface area contributed by atoms with Gasteiger partial charge in [0.2, 0.25) is 0 Å². The molecule has 0 aromatic heterocycles. The molecule has 0 radical (unpaired) electrons. The molecule has 1 N–H and O–H groups in total. The first-order chi connectivity index (χ1) is 11.9. The van der Waals surface area contributed by atoms with E-state index in [1.807, 2.05) is 45.1 Å². The quantitative estimate of drug-likeness (QED) is 0.284. The van der Waals surface area contributed by atoms with Crippen LogP contribution in [0.3, 0.4) is 0 Å². The summed E-state index contributed by atoms with van der Waals surface area (Å²) in [6, 6.07) is 0. The molecule has 0 amide bonds. The highest BCUT2D eigenvalue weighted by Gasteiger charge is 2.17. The second-order valence-electron chi connectivity index (χ2n) is 5.15. The number of allylic oxidation sites excluding steroid dienone is 10. The fourth-order valence-corrected chi connectivity index (χ4v) is 2.38. The lowest BCUT2D eigenvalue weighted by Gasteiger charge is -2.19. The predicted octanol–water partition coefficient (Wildman–Crippen LogP) is 7.39. The lowest BCUT2D eigenvalue weighted by atomic mass is 9.94. The van der Waals surface area contributed by atoms with Gasteiger partial charge in [-0.1, -0.05) is 65.5 Å². The van der Waals surface area contributed by atoms with Crippen LogP contribution in [0.4, 0.5) is 4.39 Å². The fraction of sp³-hybridized carbons (Fsp3) is 0.238. The van der Waals surface area contributed by atoms with E-state index in [2.05, 4.69) is 34.4 Å². The Morgan fingerprint density at radius 3 is 2.44 bits per heavy atom. The average Bonchev–Trinajstić information content (AvgIpc) is 2.58. The van der Waals surface area contributed by atoms with E-state index in [-0.39, 0.29) is 11.0 Å². The summed E-state index contributed by atoms with van der Waals surface area (Å²) in [5.41, 5.74) is 2.63. The number of hydrogen-bond acceptors (Lipinski definition) is 1. The van der Waals surface area contributed by atoms with Crippen molar-refractivity contribution in [2.45, 2.75) is 32.6 Å². The summed E-state index contributed by atoms with van der Waals surface area (Å²) < 4.78 is 14.5. The highest BCUT2D eigenvalue weighted by molar-refractivity contribution is 9.11. The molecular formula is C21H26BrClFN. The van der Waals surface area contributed by atoms with E-state index in [0.717, 1.165) is 11.1 Å². The fourth-order valence-electron chi connectivity index (χ4n) is 2.07. The van der Waals surface area contributed by atoms with Gasteiger partial charge in [-0.05, 0) is 55.6 Å². The van der Waals surface area contributed by atoms with Gasteiger partial charge in [-0.25, -0.2) is 4.39 Å². The number of rotatable bonds is 10. The summed E-state index contributed by atoms with van der Waals surface area (Å²) in [6.07, 6.45) is 14.5. The molecule has 0 heterocycles. The zero-order valence-corrected chi connectivity index (χ0v) is 17.4. The van der Waals surface area contributed by atoms with E-state index < -0.39 is 5.83 Å². The zero-order chi connectivity index (χ0) is 19.2. The molecule has 0 fully saturated rings. The van der Waals surface area contributed by atoms with Crippen molar-refractivity contribution in [3.05, 3.63) is 95.1 Å². The number of hydrogen-bond donors (Lipinski definition) is 1. The van der Waals surface area contributed by atoms with Gasteiger partial charge >= 0.3 is 0 Å². The molecule has 1 atom stereocenters. The highest BCUT2D eigenvalue weighted by atomic mass is 79.9. The largest absolute Gasteiger partial charge is 0.361 e. The van der Waals surface area contributed by atoms with E-state index in [1.165, 1.54) is 6.08 Å². The van der Waals surface area contributed by atoms with Crippen LogP contribution < -0.4 is 5.32 Å². The van der Waals surface area contributed by atoms with Gasteiger partial charge in [0, 0.05) is 11.0 Å². The summed E-state index contributed by atoms with van der Waals surface area (Å²) in [7, 11) is 0. The van der Waals surface area contributed by atoms with Crippen molar-refractivity contribution in [1.29, 1.82) is 0 Å². The third-order valence-corrected chi connectivity index (χ3v) is 3.54. The molecule has 0 aromatic carbocycles. The van der Waals surface area contributed by atoms with Crippen molar-refractivity contribution < 1.29 is 4.39 Å². The van der Waals surface area contributed by atoms with Gasteiger partial charge in [0.05, 0.1) is 5.70 Å². The summed E-state index contributed by atoms with van der Waals surface area (Å²) in [5.74, 6) is -0.430. The standard InChI is InChI=1S/C21H26BrClFN/c1-6-10-18(11-7-2)19(15-16(4)23)21(25-14-8-3)17(5)20(24)12-9-13-22/h6-14,16,25H,1,5,15H2,2-4H3/b11-7-,13-9-,14-8+,18-10+,20-12+,21-19+. The Morgan fingerprint density at radius 1 is 1.28 bits per heavy atom. The highest BCUT2D eigenvalue weighted by Crippen LogP contribution is 2.29. The van der Waals surface area contributed by atoms with Gasteiger partial charge in [-0.2, -0.15) is 0 Å². The van der Waals surface area contributed by atoms with Gasteiger partial charge < -0.3 is 5.32 Å². The molecule has 0 aliphatic rings. The van der Waals surface area contributed by atoms with Crippen LogP contribution in [0.25, 0.3) is 0 Å². The Kier molecular flexibility index (Phi) is 12.8. The third-order valence-electron chi connectivity index (χ3n) is 3.08. The van der Waals surface area contributed by atoms with Crippen LogP contribution in [0.1, 0.15) is 27.2 Å². The molecule has 0 aliphatic heterocycles. The van der Waals surface area contributed by atoms with Crippen molar-refractivity contribution in [3.8, 4) is 0 Å². The van der Waals surface area contributed by atoms with E-state index >= 15 is 0 Å². The summed E-state index contributed by atoms with van der Waals surface area (Å²) >= 11 is 9.38. The minimum atomic E-state index is -0.430. The molecule has 25 heavy (non-hydrogen) atoms. The minimum absolute atomic E-state index is 0.127. The van der Waals surface area contributed by atoms with E-state index in [0.29, 0.717) is 12.1 Å². The number of halogens is 3. The van der Waals surface area contributed by atoms with E-state index in [1.54, 1.807) is 23.3 Å². The van der Waals surface area contributed by atoms with E-state index in [9.17, 15) is 4.39 Å². The molecule has 4 heteroatoms. The van der Waals surface area contributed by atoms with Crippen LogP contribution in [0.15, 0.2) is 95.1 Å². The maximum atomic E-state index is 14.5. The van der Waals surface area contributed by atoms with Crippen molar-refractivity contribution in [2.24, 2.45) is 0 Å². The summed E-state index contributed by atoms with van der Waals surface area (Å²) in [6.45, 7) is 13.4. The lowest BCUT2D eigenvalue weighted by Crippen LogP contribution is -2.14. The van der Waals surface area contributed by atoms with Crippen LogP contribution in [0.2, 0.25) is 0 Å². The number of alkyl halides is 1. The Balaban J connectivity index is 6.47. The van der Waals surface area contributed by atoms with Crippen molar-refractivity contribution in [3.63, 3.8) is 0 Å². The van der Waals surface area contributed by atoms with Crippen molar-refractivity contribution in [1.82, 2.24) is 5.32 Å². The lowest BCUT2D eigenvalue weighted by molar-refractivity contribution is 0.650. The average molecular weight is 427 g/mol. The molecule has 0 aromatic rings. The Morgan fingerprint density at radius 2 is 1.96 bits per heavy atom. The normalized spacial score (nSPS) is 15.8. The smallest absolute Gasteiger partial charge is 0.131 e. The van der Waals surface area contributed by atoms with E-state index in [4.69, 9.17) is 11.6 Å². The predicted molar refractivity (Wildman–Crippen MR) is 114 cm³/mol. The molecule has 0 saturated carbocycles. The van der Waals surface area contributed by atoms with Crippen LogP contribution >= 0.6 is 27.5 Å². The van der Waals surface area contributed by atoms with Crippen LogP contribution in [-0.4, -0.2) is 5.38 Å². The Labute approximate surface area is 164 Å². The van der Waals surface area contributed by atoms with Gasteiger partial charge in [0.1, 0.15) is 5.83 Å². The molecule has 0 spiro atoms. The molecule has 0 bridgehead atoms. The van der Waals surface area contributed by atoms with Crippen LogP contribution in [0.5, 0.6) is 0 Å². The van der Waals surface area contributed by atoms with Crippen LogP contribution in [0, 0.1) is 0 Å². The van der Waals surface area contributed by atoms with Crippen LogP contribution in [-0.2, 0) is 0 Å². The number of nitrogens with one attached hydrogen (secondary N) is 1. The SMILES string of the molecule is C=C/C=C(\C=C/C)C(/CC(C)Cl)=C(/N/C=C/C)C(=C)/C(F)=C\C=C/Br. The van der Waals surface area contributed by atoms with Crippen molar-refractivity contribution in [2.75, 3.05) is 0 Å². The first-order valence-corrected chi connectivity index (χ1v) is 9.30. The Bertz CT molecular complexity index is 634. The van der Waals surface area contributed by atoms with Gasteiger partial charge in [-0.15, -0.1) is 11.6 Å². The van der Waals surface area contributed by atoms with Gasteiger partial charge in [0.25, 0.3) is 0 Å².